The third kappa shape index (κ3) is 5.59. The standard InChI is InChI=1S/C18H19ClN2O3/c1-13(24-16-9-5-8-15(19)12-16)17(22)20-10-11-21-18(23)14-6-3-2-4-7-14/h2-9,12-13H,10-11H2,1H3,(H,20,22)(H,21,23). The van der Waals surface area contributed by atoms with E-state index in [1.807, 2.05) is 6.07 Å². The first-order valence-corrected chi connectivity index (χ1v) is 7.97. The van der Waals surface area contributed by atoms with Crippen molar-refractivity contribution in [2.24, 2.45) is 0 Å². The van der Waals surface area contributed by atoms with Gasteiger partial charge in [0.05, 0.1) is 0 Å². The van der Waals surface area contributed by atoms with Crippen molar-refractivity contribution < 1.29 is 14.3 Å². The summed E-state index contributed by atoms with van der Waals surface area (Å²) in [6.45, 7) is 2.31. The summed E-state index contributed by atoms with van der Waals surface area (Å²) >= 11 is 5.87. The molecule has 5 nitrogen and oxygen atoms in total. The van der Waals surface area contributed by atoms with Crippen LogP contribution in [0.1, 0.15) is 17.3 Å². The largest absolute Gasteiger partial charge is 0.481 e. The molecule has 0 saturated carbocycles. The molecule has 6 heteroatoms. The van der Waals surface area contributed by atoms with Gasteiger partial charge >= 0.3 is 0 Å². The van der Waals surface area contributed by atoms with Gasteiger partial charge in [0.15, 0.2) is 6.10 Å². The molecule has 126 valence electrons. The molecule has 0 radical (unpaired) electrons. The molecule has 0 saturated heterocycles. The SMILES string of the molecule is CC(Oc1cccc(Cl)c1)C(=O)NCCNC(=O)c1ccccc1. The highest BCUT2D eigenvalue weighted by Gasteiger charge is 2.14. The Balaban J connectivity index is 1.70. The molecule has 0 heterocycles. The molecule has 1 unspecified atom stereocenters. The lowest BCUT2D eigenvalue weighted by molar-refractivity contribution is -0.127. The Kier molecular flexibility index (Phi) is 6.63. The molecular weight excluding hydrogens is 328 g/mol. The third-order valence-corrected chi connectivity index (χ3v) is 3.46. The number of rotatable bonds is 7. The van der Waals surface area contributed by atoms with Crippen LogP contribution in [-0.2, 0) is 4.79 Å². The summed E-state index contributed by atoms with van der Waals surface area (Å²) in [5.41, 5.74) is 0.585. The van der Waals surface area contributed by atoms with Crippen molar-refractivity contribution in [3.8, 4) is 5.75 Å². The van der Waals surface area contributed by atoms with E-state index in [-0.39, 0.29) is 11.8 Å². The summed E-state index contributed by atoms with van der Waals surface area (Å²) in [7, 11) is 0. The molecule has 0 fully saturated rings. The minimum atomic E-state index is -0.659. The second kappa shape index (κ2) is 8.93. The molecule has 2 rings (SSSR count). The van der Waals surface area contributed by atoms with E-state index >= 15 is 0 Å². The van der Waals surface area contributed by atoms with Crippen molar-refractivity contribution >= 4 is 23.4 Å². The van der Waals surface area contributed by atoms with Gasteiger partial charge in [0.25, 0.3) is 11.8 Å². The molecule has 0 bridgehead atoms. The summed E-state index contributed by atoms with van der Waals surface area (Å²) in [5, 5.41) is 6.00. The molecule has 0 aromatic heterocycles. The fourth-order valence-electron chi connectivity index (χ4n) is 2.00. The van der Waals surface area contributed by atoms with Crippen LogP contribution in [0.5, 0.6) is 5.75 Å². The van der Waals surface area contributed by atoms with Crippen molar-refractivity contribution in [1.29, 1.82) is 0 Å². The van der Waals surface area contributed by atoms with Gasteiger partial charge < -0.3 is 15.4 Å². The third-order valence-electron chi connectivity index (χ3n) is 3.22. The van der Waals surface area contributed by atoms with E-state index < -0.39 is 6.10 Å². The van der Waals surface area contributed by atoms with Crippen molar-refractivity contribution in [2.75, 3.05) is 13.1 Å². The molecule has 2 aromatic rings. The first-order chi connectivity index (χ1) is 11.6. The highest BCUT2D eigenvalue weighted by Crippen LogP contribution is 2.18. The number of carbonyl (C=O) groups is 2. The van der Waals surface area contributed by atoms with Crippen LogP contribution < -0.4 is 15.4 Å². The van der Waals surface area contributed by atoms with Gasteiger partial charge in [-0.2, -0.15) is 0 Å². The van der Waals surface area contributed by atoms with E-state index in [4.69, 9.17) is 16.3 Å². The van der Waals surface area contributed by atoms with Crippen LogP contribution in [0.4, 0.5) is 0 Å². The number of hydrogen-bond donors (Lipinski definition) is 2. The zero-order valence-electron chi connectivity index (χ0n) is 13.3. The Labute approximate surface area is 146 Å². The van der Waals surface area contributed by atoms with E-state index in [1.165, 1.54) is 0 Å². The minimum absolute atomic E-state index is 0.173. The van der Waals surface area contributed by atoms with Gasteiger partial charge in [-0.3, -0.25) is 9.59 Å². The molecule has 0 aliphatic heterocycles. The monoisotopic (exact) mass is 346 g/mol. The maximum absolute atomic E-state index is 12.0. The first kappa shape index (κ1) is 17.8. The Morgan fingerprint density at radius 1 is 1.04 bits per heavy atom. The van der Waals surface area contributed by atoms with Crippen LogP contribution in [-0.4, -0.2) is 31.0 Å². The normalized spacial score (nSPS) is 11.4. The Hall–Kier alpha value is -2.53. The highest BCUT2D eigenvalue weighted by molar-refractivity contribution is 6.30. The van der Waals surface area contributed by atoms with Gasteiger partial charge in [0.2, 0.25) is 0 Å². The van der Waals surface area contributed by atoms with Crippen LogP contribution >= 0.6 is 11.6 Å². The molecule has 0 aliphatic rings. The summed E-state index contributed by atoms with van der Waals surface area (Å²) < 4.78 is 5.52. The summed E-state index contributed by atoms with van der Waals surface area (Å²) in [4.78, 5) is 23.8. The van der Waals surface area contributed by atoms with Crippen LogP contribution in [0.2, 0.25) is 5.02 Å². The summed E-state index contributed by atoms with van der Waals surface area (Å²) in [6.07, 6.45) is -0.659. The van der Waals surface area contributed by atoms with Crippen LogP contribution in [0.3, 0.4) is 0 Å². The second-order valence-corrected chi connectivity index (χ2v) is 5.57. The Morgan fingerprint density at radius 2 is 1.75 bits per heavy atom. The molecule has 1 atom stereocenters. The number of hydrogen-bond acceptors (Lipinski definition) is 3. The number of nitrogens with one attached hydrogen (secondary N) is 2. The lowest BCUT2D eigenvalue weighted by Crippen LogP contribution is -2.40. The summed E-state index contributed by atoms with van der Waals surface area (Å²) in [6, 6.07) is 15.8. The molecule has 2 N–H and O–H groups in total. The van der Waals surface area contributed by atoms with Gasteiger partial charge in [-0.15, -0.1) is 0 Å². The smallest absolute Gasteiger partial charge is 0.260 e. The Bertz CT molecular complexity index is 692. The van der Waals surface area contributed by atoms with E-state index in [1.54, 1.807) is 55.5 Å². The zero-order chi connectivity index (χ0) is 17.4. The van der Waals surface area contributed by atoms with Gasteiger partial charge in [-0.1, -0.05) is 35.9 Å². The minimum Gasteiger partial charge on any atom is -0.481 e. The number of amides is 2. The number of carbonyl (C=O) groups excluding carboxylic acids is 2. The van der Waals surface area contributed by atoms with Crippen LogP contribution in [0, 0.1) is 0 Å². The van der Waals surface area contributed by atoms with Gasteiger partial charge in [0.1, 0.15) is 5.75 Å². The maximum Gasteiger partial charge on any atom is 0.260 e. The van der Waals surface area contributed by atoms with E-state index in [0.717, 1.165) is 0 Å². The number of halogens is 1. The van der Waals surface area contributed by atoms with E-state index in [0.29, 0.717) is 29.4 Å². The predicted octanol–water partition coefficient (Wildman–Crippen LogP) is 2.65. The number of ether oxygens (including phenoxy) is 1. The lowest BCUT2D eigenvalue weighted by Gasteiger charge is -2.15. The van der Waals surface area contributed by atoms with Crippen molar-refractivity contribution in [3.05, 3.63) is 65.2 Å². The second-order valence-electron chi connectivity index (χ2n) is 5.13. The molecule has 2 aromatic carbocycles. The first-order valence-electron chi connectivity index (χ1n) is 7.59. The van der Waals surface area contributed by atoms with Crippen molar-refractivity contribution in [1.82, 2.24) is 10.6 Å². The molecule has 0 spiro atoms. The topological polar surface area (TPSA) is 67.4 Å². The molecular formula is C18H19ClN2O3. The van der Waals surface area contributed by atoms with Crippen LogP contribution in [0.25, 0.3) is 0 Å². The fraction of sp³-hybridized carbons (Fsp3) is 0.222. The molecule has 2 amide bonds. The van der Waals surface area contributed by atoms with Gasteiger partial charge in [-0.25, -0.2) is 0 Å². The molecule has 0 aliphatic carbocycles. The van der Waals surface area contributed by atoms with Crippen LogP contribution in [0.15, 0.2) is 54.6 Å². The van der Waals surface area contributed by atoms with E-state index in [2.05, 4.69) is 10.6 Å². The maximum atomic E-state index is 12.0. The van der Waals surface area contributed by atoms with Gasteiger partial charge in [0, 0.05) is 23.7 Å². The summed E-state index contributed by atoms with van der Waals surface area (Å²) in [5.74, 6) is 0.0968. The zero-order valence-corrected chi connectivity index (χ0v) is 14.0. The Morgan fingerprint density at radius 3 is 2.46 bits per heavy atom. The fourth-order valence-corrected chi connectivity index (χ4v) is 2.18. The molecule has 24 heavy (non-hydrogen) atoms. The van der Waals surface area contributed by atoms with E-state index in [9.17, 15) is 9.59 Å². The number of benzene rings is 2. The van der Waals surface area contributed by atoms with Gasteiger partial charge in [-0.05, 0) is 37.3 Å². The quantitative estimate of drug-likeness (QED) is 0.757. The van der Waals surface area contributed by atoms with Crippen molar-refractivity contribution in [3.63, 3.8) is 0 Å². The average Bonchev–Trinajstić information content (AvgIpc) is 2.59. The predicted molar refractivity (Wildman–Crippen MR) is 93.3 cm³/mol. The highest BCUT2D eigenvalue weighted by atomic mass is 35.5. The van der Waals surface area contributed by atoms with Crippen molar-refractivity contribution in [2.45, 2.75) is 13.0 Å². The lowest BCUT2D eigenvalue weighted by atomic mass is 10.2. The average molecular weight is 347 g/mol.